The Balaban J connectivity index is 2.27. The molecule has 0 aliphatic rings. The molecule has 0 saturated carbocycles. The molecule has 0 saturated heterocycles. The van der Waals surface area contributed by atoms with E-state index in [-0.39, 0.29) is 0 Å². The number of methoxy groups -OCH3 is 1. The van der Waals surface area contributed by atoms with E-state index in [1.165, 1.54) is 0 Å². The van der Waals surface area contributed by atoms with Crippen molar-refractivity contribution in [2.45, 2.75) is 13.3 Å². The third-order valence-electron chi connectivity index (χ3n) is 2.44. The van der Waals surface area contributed by atoms with Gasteiger partial charge in [-0.2, -0.15) is 4.98 Å². The van der Waals surface area contributed by atoms with Crippen molar-refractivity contribution in [3.05, 3.63) is 29.6 Å². The summed E-state index contributed by atoms with van der Waals surface area (Å²) in [5.41, 5.74) is 8.40. The van der Waals surface area contributed by atoms with E-state index in [1.807, 2.05) is 25.1 Å². The summed E-state index contributed by atoms with van der Waals surface area (Å²) in [6, 6.07) is 5.72. The molecule has 2 aromatic rings. The molecule has 1 heterocycles. The van der Waals surface area contributed by atoms with Crippen LogP contribution in [0.3, 0.4) is 0 Å². The van der Waals surface area contributed by atoms with Crippen LogP contribution in [0.2, 0.25) is 0 Å². The standard InChI is InChI=1S/C12H15N3O2/c1-8-3-4-10(13)9(7-8)12-14-11(15-17-12)5-6-16-2/h3-4,7H,5-6,13H2,1-2H3. The first kappa shape index (κ1) is 11.6. The van der Waals surface area contributed by atoms with Crippen LogP contribution in [-0.4, -0.2) is 23.9 Å². The average Bonchev–Trinajstić information content (AvgIpc) is 2.78. The van der Waals surface area contributed by atoms with E-state index in [0.29, 0.717) is 30.4 Å². The topological polar surface area (TPSA) is 74.2 Å². The Hall–Kier alpha value is -1.88. The van der Waals surface area contributed by atoms with E-state index in [9.17, 15) is 0 Å². The van der Waals surface area contributed by atoms with Crippen molar-refractivity contribution >= 4 is 5.69 Å². The van der Waals surface area contributed by atoms with Crippen LogP contribution >= 0.6 is 0 Å². The number of ether oxygens (including phenoxy) is 1. The van der Waals surface area contributed by atoms with Crippen LogP contribution in [0.4, 0.5) is 5.69 Å². The molecule has 90 valence electrons. The first-order valence-corrected chi connectivity index (χ1v) is 5.38. The van der Waals surface area contributed by atoms with Crippen LogP contribution in [0.15, 0.2) is 22.7 Å². The quantitative estimate of drug-likeness (QED) is 0.815. The van der Waals surface area contributed by atoms with E-state index in [1.54, 1.807) is 7.11 Å². The molecule has 17 heavy (non-hydrogen) atoms. The maximum absolute atomic E-state index is 5.88. The van der Waals surface area contributed by atoms with Gasteiger partial charge in [0.25, 0.3) is 5.89 Å². The highest BCUT2D eigenvalue weighted by molar-refractivity contribution is 5.70. The number of anilines is 1. The highest BCUT2D eigenvalue weighted by Gasteiger charge is 2.11. The lowest BCUT2D eigenvalue weighted by Crippen LogP contribution is -1.96. The molecule has 0 unspecified atom stereocenters. The summed E-state index contributed by atoms with van der Waals surface area (Å²) in [6.45, 7) is 2.56. The van der Waals surface area contributed by atoms with E-state index >= 15 is 0 Å². The maximum atomic E-state index is 5.88. The zero-order valence-electron chi connectivity index (χ0n) is 9.93. The highest BCUT2D eigenvalue weighted by atomic mass is 16.5. The van der Waals surface area contributed by atoms with Crippen molar-refractivity contribution < 1.29 is 9.26 Å². The number of hydrogen-bond acceptors (Lipinski definition) is 5. The summed E-state index contributed by atoms with van der Waals surface area (Å²) in [5.74, 6) is 1.08. The largest absolute Gasteiger partial charge is 0.398 e. The van der Waals surface area contributed by atoms with Gasteiger partial charge in [0.15, 0.2) is 5.82 Å². The zero-order chi connectivity index (χ0) is 12.3. The van der Waals surface area contributed by atoms with Gasteiger partial charge in [-0.3, -0.25) is 0 Å². The van der Waals surface area contributed by atoms with Crippen molar-refractivity contribution in [3.63, 3.8) is 0 Å². The van der Waals surface area contributed by atoms with Gasteiger partial charge in [-0.15, -0.1) is 0 Å². The molecule has 0 fully saturated rings. The Morgan fingerprint density at radius 3 is 3.00 bits per heavy atom. The molecule has 0 bridgehead atoms. The molecule has 5 nitrogen and oxygen atoms in total. The molecule has 1 aromatic heterocycles. The molecular formula is C12H15N3O2. The van der Waals surface area contributed by atoms with Crippen LogP contribution in [0.25, 0.3) is 11.5 Å². The Bertz CT molecular complexity index is 508. The van der Waals surface area contributed by atoms with Crippen LogP contribution in [-0.2, 0) is 11.2 Å². The molecule has 5 heteroatoms. The lowest BCUT2D eigenvalue weighted by Gasteiger charge is -2.01. The lowest BCUT2D eigenvalue weighted by atomic mass is 10.1. The van der Waals surface area contributed by atoms with Gasteiger partial charge < -0.3 is 15.0 Å². The van der Waals surface area contributed by atoms with Gasteiger partial charge in [-0.05, 0) is 19.1 Å². The average molecular weight is 233 g/mol. The second kappa shape index (κ2) is 4.97. The summed E-state index contributed by atoms with van der Waals surface area (Å²) < 4.78 is 10.1. The van der Waals surface area contributed by atoms with Crippen LogP contribution in [0, 0.1) is 6.92 Å². The van der Waals surface area contributed by atoms with Gasteiger partial charge >= 0.3 is 0 Å². The Morgan fingerprint density at radius 2 is 2.24 bits per heavy atom. The van der Waals surface area contributed by atoms with E-state index in [0.717, 1.165) is 11.1 Å². The van der Waals surface area contributed by atoms with Crippen LogP contribution < -0.4 is 5.73 Å². The summed E-state index contributed by atoms with van der Waals surface area (Å²) in [6.07, 6.45) is 0.631. The zero-order valence-corrected chi connectivity index (χ0v) is 9.93. The van der Waals surface area contributed by atoms with E-state index in [2.05, 4.69) is 10.1 Å². The molecular weight excluding hydrogens is 218 g/mol. The van der Waals surface area contributed by atoms with Crippen molar-refractivity contribution in [1.29, 1.82) is 0 Å². The molecule has 2 rings (SSSR count). The first-order valence-electron chi connectivity index (χ1n) is 5.38. The SMILES string of the molecule is COCCc1noc(-c2cc(C)ccc2N)n1. The highest BCUT2D eigenvalue weighted by Crippen LogP contribution is 2.25. The summed E-state index contributed by atoms with van der Waals surface area (Å²) in [7, 11) is 1.64. The number of nitrogens with zero attached hydrogens (tertiary/aromatic N) is 2. The molecule has 0 spiro atoms. The fourth-order valence-electron chi connectivity index (χ4n) is 1.51. The fourth-order valence-corrected chi connectivity index (χ4v) is 1.51. The number of benzene rings is 1. The van der Waals surface area contributed by atoms with Gasteiger partial charge in [-0.25, -0.2) is 0 Å². The predicted octanol–water partition coefficient (Wildman–Crippen LogP) is 1.82. The van der Waals surface area contributed by atoms with Crippen molar-refractivity contribution in [2.24, 2.45) is 0 Å². The fraction of sp³-hybridized carbons (Fsp3) is 0.333. The second-order valence-electron chi connectivity index (χ2n) is 3.85. The third-order valence-corrected chi connectivity index (χ3v) is 2.44. The van der Waals surface area contributed by atoms with E-state index < -0.39 is 0 Å². The number of nitrogens with two attached hydrogens (primary N) is 1. The molecule has 0 amide bonds. The second-order valence-corrected chi connectivity index (χ2v) is 3.85. The minimum Gasteiger partial charge on any atom is -0.398 e. The van der Waals surface area contributed by atoms with Crippen molar-refractivity contribution in [3.8, 4) is 11.5 Å². The van der Waals surface area contributed by atoms with Gasteiger partial charge in [0.1, 0.15) is 0 Å². The monoisotopic (exact) mass is 233 g/mol. The number of aromatic nitrogens is 2. The molecule has 0 atom stereocenters. The van der Waals surface area contributed by atoms with Gasteiger partial charge in [0.05, 0.1) is 12.2 Å². The predicted molar refractivity (Wildman–Crippen MR) is 64.5 cm³/mol. The smallest absolute Gasteiger partial charge is 0.260 e. The summed E-state index contributed by atoms with van der Waals surface area (Å²) >= 11 is 0. The summed E-state index contributed by atoms with van der Waals surface area (Å²) in [4.78, 5) is 4.28. The first-order chi connectivity index (χ1) is 8.20. The number of rotatable bonds is 4. The Morgan fingerprint density at radius 1 is 1.41 bits per heavy atom. The number of hydrogen-bond donors (Lipinski definition) is 1. The third kappa shape index (κ3) is 2.62. The van der Waals surface area contributed by atoms with Crippen LogP contribution in [0.1, 0.15) is 11.4 Å². The minimum atomic E-state index is 0.456. The molecule has 2 N–H and O–H groups in total. The molecule has 0 aliphatic heterocycles. The molecule has 0 radical (unpaired) electrons. The minimum absolute atomic E-state index is 0.456. The lowest BCUT2D eigenvalue weighted by molar-refractivity contribution is 0.199. The Labute approximate surface area is 99.6 Å². The maximum Gasteiger partial charge on any atom is 0.260 e. The van der Waals surface area contributed by atoms with Gasteiger partial charge in [0.2, 0.25) is 0 Å². The van der Waals surface area contributed by atoms with Gasteiger partial charge in [0, 0.05) is 19.2 Å². The summed E-state index contributed by atoms with van der Waals surface area (Å²) in [5, 5.41) is 3.88. The van der Waals surface area contributed by atoms with Gasteiger partial charge in [-0.1, -0.05) is 16.8 Å². The van der Waals surface area contributed by atoms with E-state index in [4.69, 9.17) is 15.0 Å². The Kier molecular flexibility index (Phi) is 3.39. The van der Waals surface area contributed by atoms with Crippen molar-refractivity contribution in [2.75, 3.05) is 19.5 Å². The van der Waals surface area contributed by atoms with Crippen LogP contribution in [0.5, 0.6) is 0 Å². The normalized spacial score (nSPS) is 10.7. The van der Waals surface area contributed by atoms with Crippen molar-refractivity contribution in [1.82, 2.24) is 10.1 Å². The molecule has 0 aliphatic carbocycles. The number of aryl methyl sites for hydroxylation is 1. The molecule has 1 aromatic carbocycles. The number of nitrogen functional groups attached to an aromatic ring is 1.